The molecule has 2 aromatic rings. The third-order valence-electron chi connectivity index (χ3n) is 1.64. The summed E-state index contributed by atoms with van der Waals surface area (Å²) in [6.45, 7) is 0.244. The van der Waals surface area contributed by atoms with Crippen LogP contribution in [0.4, 0.5) is 0 Å². The molecule has 0 aliphatic rings. The van der Waals surface area contributed by atoms with Gasteiger partial charge in [0, 0.05) is 5.75 Å². The lowest BCUT2D eigenvalue weighted by molar-refractivity contribution is 0.414. The minimum absolute atomic E-state index is 0.244. The molecule has 0 saturated heterocycles. The van der Waals surface area contributed by atoms with Gasteiger partial charge in [-0.05, 0) is 0 Å². The summed E-state index contributed by atoms with van der Waals surface area (Å²) in [5.41, 5.74) is 6.14. The second-order valence-corrected chi connectivity index (χ2v) is 4.10. The highest BCUT2D eigenvalue weighted by molar-refractivity contribution is 7.98. The van der Waals surface area contributed by atoms with Gasteiger partial charge < -0.3 is 10.2 Å². The van der Waals surface area contributed by atoms with Gasteiger partial charge in [-0.15, -0.1) is 10.2 Å². The molecule has 0 atom stereocenters. The number of hydrogen-bond donors (Lipinski definition) is 1. The lowest BCUT2D eigenvalue weighted by Crippen LogP contribution is -1.95. The highest BCUT2D eigenvalue weighted by atomic mass is 35.5. The minimum atomic E-state index is 0.244. The van der Waals surface area contributed by atoms with Crippen LogP contribution in [0.2, 0.25) is 5.15 Å². The fourth-order valence-corrected chi connectivity index (χ4v) is 1.70. The van der Waals surface area contributed by atoms with Crippen LogP contribution < -0.4 is 5.73 Å². The monoisotopic (exact) mass is 257 g/mol. The van der Waals surface area contributed by atoms with Gasteiger partial charge in [0.05, 0.1) is 24.6 Å². The topological polar surface area (TPSA) is 90.7 Å². The molecule has 8 heteroatoms. The smallest absolute Gasteiger partial charge is 0.277 e. The van der Waals surface area contributed by atoms with Gasteiger partial charge >= 0.3 is 0 Å². The Morgan fingerprint density at radius 1 is 1.31 bits per heavy atom. The molecule has 2 rings (SSSR count). The maximum Gasteiger partial charge on any atom is 0.277 e. The number of nitrogens with two attached hydrogens (primary N) is 1. The lowest BCUT2D eigenvalue weighted by Gasteiger charge is -1.96. The summed E-state index contributed by atoms with van der Waals surface area (Å²) in [6, 6.07) is 0. The molecule has 2 heterocycles. The first-order valence-electron chi connectivity index (χ1n) is 4.39. The van der Waals surface area contributed by atoms with Gasteiger partial charge in [0.25, 0.3) is 5.22 Å². The lowest BCUT2D eigenvalue weighted by atomic mass is 10.5. The maximum absolute atomic E-state index is 5.62. The third-order valence-corrected chi connectivity index (χ3v) is 2.69. The first kappa shape index (κ1) is 11.3. The van der Waals surface area contributed by atoms with E-state index in [1.54, 1.807) is 6.20 Å². The van der Waals surface area contributed by atoms with Crippen molar-refractivity contribution in [2.75, 3.05) is 0 Å². The number of aromatic nitrogens is 4. The second-order valence-electron chi connectivity index (χ2n) is 2.78. The number of halogens is 1. The van der Waals surface area contributed by atoms with Crippen LogP contribution in [0.1, 0.15) is 11.6 Å². The Bertz CT molecular complexity index is 460. The Labute approximate surface area is 101 Å². The highest BCUT2D eigenvalue weighted by Crippen LogP contribution is 2.20. The van der Waals surface area contributed by atoms with Gasteiger partial charge in [-0.2, -0.15) is 0 Å². The molecule has 2 N–H and O–H groups in total. The molecule has 0 bridgehead atoms. The zero-order valence-electron chi connectivity index (χ0n) is 8.13. The molecule has 0 amide bonds. The van der Waals surface area contributed by atoms with Crippen LogP contribution in [0.5, 0.6) is 0 Å². The van der Waals surface area contributed by atoms with Crippen molar-refractivity contribution < 1.29 is 4.42 Å². The third kappa shape index (κ3) is 2.91. The predicted molar refractivity (Wildman–Crippen MR) is 58.8 cm³/mol. The highest BCUT2D eigenvalue weighted by Gasteiger charge is 2.06. The van der Waals surface area contributed by atoms with Crippen molar-refractivity contribution in [1.82, 2.24) is 20.2 Å². The molecule has 0 aromatic carbocycles. The number of thioether (sulfide) groups is 1. The summed E-state index contributed by atoms with van der Waals surface area (Å²) in [4.78, 5) is 8.01. The van der Waals surface area contributed by atoms with Crippen LogP contribution in [-0.2, 0) is 12.3 Å². The number of nitrogens with zero attached hydrogens (tertiary/aromatic N) is 4. The second kappa shape index (κ2) is 5.24. The molecule has 0 unspecified atom stereocenters. The first-order valence-corrected chi connectivity index (χ1v) is 5.76. The Hall–Kier alpha value is -1.18. The van der Waals surface area contributed by atoms with Crippen LogP contribution >= 0.6 is 23.4 Å². The maximum atomic E-state index is 5.62. The standard InChI is InChI=1S/C8H8ClN5OS/c9-6-3-11-5(2-12-6)4-16-8-14-13-7(1-10)15-8/h2-3H,1,4,10H2. The normalized spacial score (nSPS) is 10.6. The summed E-state index contributed by atoms with van der Waals surface area (Å²) >= 11 is 6.99. The first-order chi connectivity index (χ1) is 7.78. The van der Waals surface area contributed by atoms with Gasteiger partial charge in [0.1, 0.15) is 5.15 Å². The fraction of sp³-hybridized carbons (Fsp3) is 0.250. The molecule has 0 aliphatic carbocycles. The number of hydrogen-bond acceptors (Lipinski definition) is 7. The number of rotatable bonds is 4. The van der Waals surface area contributed by atoms with Crippen LogP contribution in [0.15, 0.2) is 22.0 Å². The minimum Gasteiger partial charge on any atom is -0.415 e. The average Bonchev–Trinajstić information content (AvgIpc) is 2.76. The largest absolute Gasteiger partial charge is 0.415 e. The van der Waals surface area contributed by atoms with Crippen molar-refractivity contribution in [3.8, 4) is 0 Å². The van der Waals surface area contributed by atoms with Crippen molar-refractivity contribution in [2.45, 2.75) is 17.5 Å². The summed E-state index contributed by atoms with van der Waals surface area (Å²) in [5.74, 6) is 1.01. The van der Waals surface area contributed by atoms with Gasteiger partial charge in [0.15, 0.2) is 0 Å². The SMILES string of the molecule is NCc1nnc(SCc2cnc(Cl)cn2)o1. The average molecular weight is 258 g/mol. The van der Waals surface area contributed by atoms with Crippen LogP contribution in [-0.4, -0.2) is 20.2 Å². The Morgan fingerprint density at radius 3 is 2.81 bits per heavy atom. The van der Waals surface area contributed by atoms with Gasteiger partial charge in [-0.1, -0.05) is 23.4 Å². The molecule has 16 heavy (non-hydrogen) atoms. The molecule has 2 aromatic heterocycles. The van der Waals surface area contributed by atoms with Crippen LogP contribution in [0, 0.1) is 0 Å². The van der Waals surface area contributed by atoms with Crippen LogP contribution in [0.25, 0.3) is 0 Å². The Balaban J connectivity index is 1.94. The molecule has 0 radical (unpaired) electrons. The van der Waals surface area contributed by atoms with Crippen molar-refractivity contribution in [3.63, 3.8) is 0 Å². The van der Waals surface area contributed by atoms with Gasteiger partial charge in [0.2, 0.25) is 5.89 Å². The van der Waals surface area contributed by atoms with E-state index >= 15 is 0 Å². The predicted octanol–water partition coefficient (Wildman–Crippen LogP) is 1.26. The molecular formula is C8H8ClN5OS. The van der Waals surface area contributed by atoms with E-state index in [4.69, 9.17) is 21.8 Å². The molecule has 0 saturated carbocycles. The van der Waals surface area contributed by atoms with Gasteiger partial charge in [-0.25, -0.2) is 4.98 Å². The molecule has 6 nitrogen and oxygen atoms in total. The van der Waals surface area contributed by atoms with E-state index in [1.165, 1.54) is 18.0 Å². The van der Waals surface area contributed by atoms with E-state index in [0.29, 0.717) is 22.0 Å². The fourth-order valence-electron chi connectivity index (χ4n) is 0.928. The molecular weight excluding hydrogens is 250 g/mol. The summed E-state index contributed by atoms with van der Waals surface area (Å²) in [5, 5.41) is 8.39. The summed E-state index contributed by atoms with van der Waals surface area (Å²) in [7, 11) is 0. The van der Waals surface area contributed by atoms with Gasteiger partial charge in [-0.3, -0.25) is 4.98 Å². The Kier molecular flexibility index (Phi) is 3.70. The van der Waals surface area contributed by atoms with Crippen LogP contribution in [0.3, 0.4) is 0 Å². The van der Waals surface area contributed by atoms with Crippen molar-refractivity contribution in [3.05, 3.63) is 29.1 Å². The molecule has 84 valence electrons. The van der Waals surface area contributed by atoms with Crippen molar-refractivity contribution in [1.29, 1.82) is 0 Å². The van der Waals surface area contributed by atoms with E-state index < -0.39 is 0 Å². The molecule has 0 aliphatic heterocycles. The molecule has 0 spiro atoms. The zero-order valence-corrected chi connectivity index (χ0v) is 9.70. The van der Waals surface area contributed by atoms with E-state index in [-0.39, 0.29) is 6.54 Å². The van der Waals surface area contributed by atoms with Crippen molar-refractivity contribution in [2.24, 2.45) is 5.73 Å². The summed E-state index contributed by atoms with van der Waals surface area (Å²) < 4.78 is 5.22. The van der Waals surface area contributed by atoms with E-state index in [9.17, 15) is 0 Å². The van der Waals surface area contributed by atoms with E-state index in [1.807, 2.05) is 0 Å². The van der Waals surface area contributed by atoms with E-state index in [0.717, 1.165) is 5.69 Å². The van der Waals surface area contributed by atoms with Crippen molar-refractivity contribution >= 4 is 23.4 Å². The summed E-state index contributed by atoms with van der Waals surface area (Å²) in [6.07, 6.45) is 3.10. The quantitative estimate of drug-likeness (QED) is 0.825. The van der Waals surface area contributed by atoms with E-state index in [2.05, 4.69) is 20.2 Å². The zero-order chi connectivity index (χ0) is 11.4. The Morgan fingerprint density at radius 2 is 2.19 bits per heavy atom. The molecule has 0 fully saturated rings.